The van der Waals surface area contributed by atoms with E-state index in [9.17, 15) is 10.2 Å². The van der Waals surface area contributed by atoms with Crippen LogP contribution in [0.5, 0.6) is 11.5 Å². The highest BCUT2D eigenvalue weighted by Crippen LogP contribution is 2.52. The first-order valence-electron chi connectivity index (χ1n) is 10.8. The number of rotatable bonds is 3. The molecule has 148 valence electrons. The van der Waals surface area contributed by atoms with Gasteiger partial charge in [-0.25, -0.2) is 0 Å². The Morgan fingerprint density at radius 2 is 2.04 bits per heavy atom. The number of aliphatic hydroxyl groups is 1. The van der Waals surface area contributed by atoms with Gasteiger partial charge in [0.05, 0.1) is 6.10 Å². The van der Waals surface area contributed by atoms with E-state index in [2.05, 4.69) is 16.3 Å². The van der Waals surface area contributed by atoms with Crippen LogP contribution in [-0.4, -0.2) is 59.5 Å². The minimum Gasteiger partial charge on any atom is -0.504 e. The number of phenolic OH excluding ortho intramolecular Hbond substituents is 1. The molecule has 0 spiro atoms. The lowest BCUT2D eigenvalue weighted by molar-refractivity contribution is 0.000588. The average Bonchev–Trinajstić information content (AvgIpc) is 3.04. The SMILES string of the molecule is CNC1C2c3c4ccc(O)c3O[C@H]2[C@@H](O)CCCCN(CC2CCC2)C1C4. The molecule has 27 heavy (non-hydrogen) atoms. The Kier molecular flexibility index (Phi) is 4.57. The van der Waals surface area contributed by atoms with Crippen LogP contribution in [0.2, 0.25) is 0 Å². The number of benzene rings is 1. The Labute approximate surface area is 161 Å². The molecule has 5 atom stereocenters. The Balaban J connectivity index is 1.57. The van der Waals surface area contributed by atoms with Crippen LogP contribution in [0.25, 0.3) is 0 Å². The number of hydrogen-bond acceptors (Lipinski definition) is 5. The number of aliphatic hydroxyl groups excluding tert-OH is 1. The smallest absolute Gasteiger partial charge is 0.165 e. The van der Waals surface area contributed by atoms with Crippen molar-refractivity contribution in [3.63, 3.8) is 0 Å². The van der Waals surface area contributed by atoms with E-state index >= 15 is 0 Å². The number of ether oxygens (including phenoxy) is 1. The summed E-state index contributed by atoms with van der Waals surface area (Å²) in [4.78, 5) is 2.73. The summed E-state index contributed by atoms with van der Waals surface area (Å²) in [5.74, 6) is 1.78. The first kappa shape index (κ1) is 17.8. The normalized spacial score (nSPS) is 36.1. The molecule has 3 unspecified atom stereocenters. The molecular weight excluding hydrogens is 340 g/mol. The molecule has 2 heterocycles. The summed E-state index contributed by atoms with van der Waals surface area (Å²) in [6, 6.07) is 4.50. The fourth-order valence-electron chi connectivity index (χ4n) is 5.92. The van der Waals surface area contributed by atoms with Gasteiger partial charge in [0, 0.05) is 30.1 Å². The van der Waals surface area contributed by atoms with E-state index in [4.69, 9.17) is 4.74 Å². The number of nitrogens with zero attached hydrogens (tertiary/aromatic N) is 1. The number of phenols is 1. The molecule has 2 bridgehead atoms. The van der Waals surface area contributed by atoms with Crippen LogP contribution in [-0.2, 0) is 6.42 Å². The zero-order valence-corrected chi connectivity index (χ0v) is 16.2. The van der Waals surface area contributed by atoms with Crippen LogP contribution in [0, 0.1) is 5.92 Å². The molecule has 2 fully saturated rings. The largest absolute Gasteiger partial charge is 0.504 e. The Morgan fingerprint density at radius 3 is 2.78 bits per heavy atom. The highest BCUT2D eigenvalue weighted by atomic mass is 16.5. The third-order valence-corrected chi connectivity index (χ3v) is 7.53. The maximum atomic E-state index is 10.9. The quantitative estimate of drug-likeness (QED) is 0.760. The van der Waals surface area contributed by atoms with Gasteiger partial charge in [-0.05, 0) is 69.7 Å². The van der Waals surface area contributed by atoms with Crippen molar-refractivity contribution in [3.05, 3.63) is 23.3 Å². The van der Waals surface area contributed by atoms with Crippen molar-refractivity contribution in [1.82, 2.24) is 10.2 Å². The molecule has 1 aromatic rings. The van der Waals surface area contributed by atoms with Crippen molar-refractivity contribution in [2.45, 2.75) is 75.2 Å². The van der Waals surface area contributed by atoms with Crippen LogP contribution in [0.3, 0.4) is 0 Å². The van der Waals surface area contributed by atoms with Crippen LogP contribution in [0.15, 0.2) is 12.1 Å². The maximum Gasteiger partial charge on any atom is 0.165 e. The van der Waals surface area contributed by atoms with Crippen molar-refractivity contribution in [3.8, 4) is 11.5 Å². The van der Waals surface area contributed by atoms with Gasteiger partial charge in [0.25, 0.3) is 0 Å². The van der Waals surface area contributed by atoms with Gasteiger partial charge < -0.3 is 20.3 Å². The van der Waals surface area contributed by atoms with Crippen molar-refractivity contribution in [2.75, 3.05) is 20.1 Å². The van der Waals surface area contributed by atoms with Gasteiger partial charge in [-0.2, -0.15) is 0 Å². The minimum absolute atomic E-state index is 0.0999. The van der Waals surface area contributed by atoms with Crippen LogP contribution < -0.4 is 10.1 Å². The first-order chi connectivity index (χ1) is 13.2. The molecule has 5 rings (SSSR count). The third-order valence-electron chi connectivity index (χ3n) is 7.53. The summed E-state index contributed by atoms with van der Waals surface area (Å²) in [6.45, 7) is 2.31. The highest BCUT2D eigenvalue weighted by Gasteiger charge is 2.51. The minimum atomic E-state index is -0.484. The number of hydrogen-bond donors (Lipinski definition) is 3. The number of fused-ring (bicyclic) bond motifs is 1. The summed E-state index contributed by atoms with van der Waals surface area (Å²) in [6.07, 6.45) is 7.29. The second kappa shape index (κ2) is 6.94. The van der Waals surface area contributed by atoms with E-state index in [1.54, 1.807) is 6.07 Å². The monoisotopic (exact) mass is 372 g/mol. The summed E-state index contributed by atoms with van der Waals surface area (Å²) in [5.41, 5.74) is 2.43. The fraction of sp³-hybridized carbons (Fsp3) is 0.727. The van der Waals surface area contributed by atoms with E-state index < -0.39 is 6.10 Å². The molecule has 2 aliphatic heterocycles. The van der Waals surface area contributed by atoms with E-state index in [0.717, 1.165) is 43.7 Å². The van der Waals surface area contributed by atoms with Crippen molar-refractivity contribution in [1.29, 1.82) is 0 Å². The summed E-state index contributed by atoms with van der Waals surface area (Å²) in [7, 11) is 2.04. The molecule has 1 saturated carbocycles. The standard InChI is InChI=1S/C22H32N2O3/c1-23-20-15-11-14-8-9-17(26)21-18(14)19(20)22(27-21)16(25)7-2-3-10-24(15)12-13-5-4-6-13/h8-9,13,15-16,19-20,22-23,25-26H,2-7,10-12H2,1H3/t15?,16-,19?,20?,22-/m0/s1. The fourth-order valence-corrected chi connectivity index (χ4v) is 5.92. The summed E-state index contributed by atoms with van der Waals surface area (Å²) in [5, 5.41) is 24.9. The highest BCUT2D eigenvalue weighted by molar-refractivity contribution is 5.57. The van der Waals surface area contributed by atoms with E-state index in [1.807, 2.05) is 7.05 Å². The number of nitrogens with one attached hydrogen (secondary N) is 1. The second-order valence-corrected chi connectivity index (χ2v) is 9.04. The predicted octanol–water partition coefficient (Wildman–Crippen LogP) is 2.40. The van der Waals surface area contributed by atoms with Gasteiger partial charge in [0.2, 0.25) is 0 Å². The van der Waals surface area contributed by atoms with E-state index in [0.29, 0.717) is 11.8 Å². The van der Waals surface area contributed by atoms with Crippen molar-refractivity contribution in [2.24, 2.45) is 5.92 Å². The van der Waals surface area contributed by atoms with Gasteiger partial charge in [-0.3, -0.25) is 4.90 Å². The maximum absolute atomic E-state index is 10.9. The lowest BCUT2D eigenvalue weighted by Gasteiger charge is -2.47. The van der Waals surface area contributed by atoms with Crippen LogP contribution >= 0.6 is 0 Å². The van der Waals surface area contributed by atoms with Gasteiger partial charge in [0.15, 0.2) is 11.5 Å². The van der Waals surface area contributed by atoms with Crippen LogP contribution in [0.1, 0.15) is 55.6 Å². The van der Waals surface area contributed by atoms with E-state index in [-0.39, 0.29) is 23.8 Å². The van der Waals surface area contributed by atoms with Gasteiger partial charge in [-0.15, -0.1) is 0 Å². The molecule has 4 aliphatic rings. The molecule has 0 radical (unpaired) electrons. The molecule has 5 nitrogen and oxygen atoms in total. The number of likely N-dealkylation sites (N-methyl/N-ethyl adjacent to an activating group) is 1. The second-order valence-electron chi connectivity index (χ2n) is 9.04. The average molecular weight is 373 g/mol. The zero-order chi connectivity index (χ0) is 18.5. The van der Waals surface area contributed by atoms with Gasteiger partial charge >= 0.3 is 0 Å². The molecule has 1 aromatic carbocycles. The molecule has 3 N–H and O–H groups in total. The van der Waals surface area contributed by atoms with Crippen LogP contribution in [0.4, 0.5) is 0 Å². The van der Waals surface area contributed by atoms with Crippen molar-refractivity contribution >= 4 is 0 Å². The lowest BCUT2D eigenvalue weighted by Crippen LogP contribution is -2.59. The number of aromatic hydroxyl groups is 1. The Bertz CT molecular complexity index is 705. The zero-order valence-electron chi connectivity index (χ0n) is 16.2. The summed E-state index contributed by atoms with van der Waals surface area (Å²) >= 11 is 0. The molecule has 1 saturated heterocycles. The predicted molar refractivity (Wildman–Crippen MR) is 104 cm³/mol. The van der Waals surface area contributed by atoms with Gasteiger partial charge in [0.1, 0.15) is 6.10 Å². The lowest BCUT2D eigenvalue weighted by atomic mass is 9.72. The first-order valence-corrected chi connectivity index (χ1v) is 10.8. The molecular formula is C22H32N2O3. The van der Waals surface area contributed by atoms with Crippen molar-refractivity contribution < 1.29 is 14.9 Å². The third kappa shape index (κ3) is 2.86. The molecule has 2 aliphatic carbocycles. The van der Waals surface area contributed by atoms with E-state index in [1.165, 1.54) is 31.4 Å². The molecule has 5 heteroatoms. The molecule has 0 amide bonds. The topological polar surface area (TPSA) is 65.0 Å². The Morgan fingerprint density at radius 1 is 1.19 bits per heavy atom. The molecule has 0 aromatic heterocycles. The Hall–Kier alpha value is -1.30. The van der Waals surface area contributed by atoms with Gasteiger partial charge in [-0.1, -0.05) is 12.5 Å². The summed E-state index contributed by atoms with van der Waals surface area (Å²) < 4.78 is 6.22.